The molecule has 0 radical (unpaired) electrons. The van der Waals surface area contributed by atoms with Gasteiger partial charge in [-0.25, -0.2) is 0 Å². The number of hydrogen-bond donors (Lipinski definition) is 0. The Kier molecular flexibility index (Phi) is 3.71. The van der Waals surface area contributed by atoms with Crippen molar-refractivity contribution in [1.82, 2.24) is 0 Å². The maximum absolute atomic E-state index is 11.9. The summed E-state index contributed by atoms with van der Waals surface area (Å²) < 4.78 is 5.69. The summed E-state index contributed by atoms with van der Waals surface area (Å²) in [6.07, 6.45) is 0.224. The standard InChI is InChI=1S/C13H14BrNO3/c1-8-5-10(3-4-11(8)14)15-7-9(6-12(15)16)13(17)18-2/h3-5,9H,6-7H2,1-2H3. The molecule has 1 aliphatic rings. The van der Waals surface area contributed by atoms with E-state index in [1.807, 2.05) is 25.1 Å². The lowest BCUT2D eigenvalue weighted by atomic mass is 10.1. The van der Waals surface area contributed by atoms with Crippen molar-refractivity contribution < 1.29 is 14.3 Å². The zero-order valence-corrected chi connectivity index (χ0v) is 11.9. The molecule has 18 heavy (non-hydrogen) atoms. The molecule has 2 rings (SSSR count). The Bertz CT molecular complexity index is 501. The number of nitrogens with zero attached hydrogens (tertiary/aromatic N) is 1. The van der Waals surface area contributed by atoms with Gasteiger partial charge in [0.05, 0.1) is 13.0 Å². The van der Waals surface area contributed by atoms with Crippen LogP contribution in [0.5, 0.6) is 0 Å². The summed E-state index contributed by atoms with van der Waals surface area (Å²) in [5, 5.41) is 0. The van der Waals surface area contributed by atoms with E-state index in [0.29, 0.717) is 6.54 Å². The third-order valence-corrected chi connectivity index (χ3v) is 4.00. The fraction of sp³-hybridized carbons (Fsp3) is 0.385. The SMILES string of the molecule is COC(=O)C1CC(=O)N(c2ccc(Br)c(C)c2)C1. The maximum Gasteiger partial charge on any atom is 0.311 e. The van der Waals surface area contributed by atoms with Crippen molar-refractivity contribution in [2.24, 2.45) is 5.92 Å². The van der Waals surface area contributed by atoms with Crippen LogP contribution >= 0.6 is 15.9 Å². The Hall–Kier alpha value is -1.36. The van der Waals surface area contributed by atoms with Gasteiger partial charge in [-0.2, -0.15) is 0 Å². The monoisotopic (exact) mass is 311 g/mol. The Labute approximate surface area is 114 Å². The number of halogens is 1. The Morgan fingerprint density at radius 3 is 2.83 bits per heavy atom. The number of carbonyl (C=O) groups excluding carboxylic acids is 2. The van der Waals surface area contributed by atoms with E-state index in [0.717, 1.165) is 15.7 Å². The highest BCUT2D eigenvalue weighted by Gasteiger charge is 2.35. The quantitative estimate of drug-likeness (QED) is 0.787. The molecule has 0 aromatic heterocycles. The van der Waals surface area contributed by atoms with Gasteiger partial charge in [-0.1, -0.05) is 15.9 Å². The molecule has 1 unspecified atom stereocenters. The average molecular weight is 312 g/mol. The van der Waals surface area contributed by atoms with Crippen LogP contribution in [-0.4, -0.2) is 25.5 Å². The summed E-state index contributed by atoms with van der Waals surface area (Å²) in [6, 6.07) is 5.71. The Balaban J connectivity index is 2.21. The van der Waals surface area contributed by atoms with E-state index in [9.17, 15) is 9.59 Å². The van der Waals surface area contributed by atoms with Crippen LogP contribution in [0, 0.1) is 12.8 Å². The number of anilines is 1. The average Bonchev–Trinajstić information content (AvgIpc) is 2.74. The minimum atomic E-state index is -0.355. The number of rotatable bonds is 2. The minimum Gasteiger partial charge on any atom is -0.469 e. The number of methoxy groups -OCH3 is 1. The third-order valence-electron chi connectivity index (χ3n) is 3.11. The number of carbonyl (C=O) groups is 2. The number of ether oxygens (including phenoxy) is 1. The first kappa shape index (κ1) is 13.1. The second-order valence-corrected chi connectivity index (χ2v) is 5.22. The number of aryl methyl sites for hydroxylation is 1. The number of amides is 1. The molecule has 0 N–H and O–H groups in total. The molecule has 0 bridgehead atoms. The van der Waals surface area contributed by atoms with Gasteiger partial charge in [0, 0.05) is 23.1 Å². The van der Waals surface area contributed by atoms with Gasteiger partial charge in [0.25, 0.3) is 0 Å². The Morgan fingerprint density at radius 1 is 1.50 bits per heavy atom. The fourth-order valence-electron chi connectivity index (χ4n) is 2.08. The largest absolute Gasteiger partial charge is 0.469 e. The van der Waals surface area contributed by atoms with Crippen LogP contribution in [0.1, 0.15) is 12.0 Å². The lowest BCUT2D eigenvalue weighted by Crippen LogP contribution is -2.26. The van der Waals surface area contributed by atoms with Gasteiger partial charge >= 0.3 is 5.97 Å². The zero-order valence-electron chi connectivity index (χ0n) is 10.3. The van der Waals surface area contributed by atoms with Gasteiger partial charge in [0.1, 0.15) is 0 Å². The van der Waals surface area contributed by atoms with Crippen molar-refractivity contribution in [2.45, 2.75) is 13.3 Å². The van der Waals surface area contributed by atoms with E-state index in [1.165, 1.54) is 7.11 Å². The summed E-state index contributed by atoms with van der Waals surface area (Å²) in [5.74, 6) is -0.710. The van der Waals surface area contributed by atoms with Crippen LogP contribution < -0.4 is 4.90 Å². The molecular weight excluding hydrogens is 298 g/mol. The molecule has 96 valence electrons. The highest BCUT2D eigenvalue weighted by atomic mass is 79.9. The van der Waals surface area contributed by atoms with E-state index in [1.54, 1.807) is 4.90 Å². The van der Waals surface area contributed by atoms with Gasteiger partial charge in [0.2, 0.25) is 5.91 Å². The van der Waals surface area contributed by atoms with Gasteiger partial charge < -0.3 is 9.64 Å². The third kappa shape index (κ3) is 2.41. The summed E-state index contributed by atoms with van der Waals surface area (Å²) in [4.78, 5) is 25.0. The smallest absolute Gasteiger partial charge is 0.311 e. The van der Waals surface area contributed by atoms with Crippen LogP contribution in [-0.2, 0) is 14.3 Å². The molecule has 1 heterocycles. The number of benzene rings is 1. The molecule has 1 amide bonds. The molecule has 1 aromatic carbocycles. The van der Waals surface area contributed by atoms with E-state index in [4.69, 9.17) is 0 Å². The first-order valence-electron chi connectivity index (χ1n) is 5.67. The van der Waals surface area contributed by atoms with Gasteiger partial charge in [-0.05, 0) is 30.7 Å². The molecule has 4 nitrogen and oxygen atoms in total. The first-order chi connectivity index (χ1) is 8.52. The van der Waals surface area contributed by atoms with Crippen LogP contribution in [0.25, 0.3) is 0 Å². The minimum absolute atomic E-state index is 0.0351. The predicted octanol–water partition coefficient (Wildman–Crippen LogP) is 2.28. The molecule has 5 heteroatoms. The van der Waals surface area contributed by atoms with Crippen LogP contribution in [0.3, 0.4) is 0 Å². The highest BCUT2D eigenvalue weighted by Crippen LogP contribution is 2.28. The summed E-state index contributed by atoms with van der Waals surface area (Å²) in [7, 11) is 1.35. The van der Waals surface area contributed by atoms with Crippen LogP contribution in [0.2, 0.25) is 0 Å². The molecule has 1 atom stereocenters. The summed E-state index contributed by atoms with van der Waals surface area (Å²) in [6.45, 7) is 2.36. The molecule has 0 saturated carbocycles. The van der Waals surface area contributed by atoms with Gasteiger partial charge in [-0.3, -0.25) is 9.59 Å². The summed E-state index contributed by atoms with van der Waals surface area (Å²) in [5.41, 5.74) is 1.88. The van der Waals surface area contributed by atoms with Crippen molar-refractivity contribution >= 4 is 33.5 Å². The highest BCUT2D eigenvalue weighted by molar-refractivity contribution is 9.10. The maximum atomic E-state index is 11.9. The van der Waals surface area contributed by atoms with E-state index in [2.05, 4.69) is 20.7 Å². The number of esters is 1. The van der Waals surface area contributed by atoms with E-state index >= 15 is 0 Å². The van der Waals surface area contributed by atoms with Crippen molar-refractivity contribution in [1.29, 1.82) is 0 Å². The first-order valence-corrected chi connectivity index (χ1v) is 6.46. The van der Waals surface area contributed by atoms with Crippen LogP contribution in [0.15, 0.2) is 22.7 Å². The molecule has 0 aliphatic carbocycles. The summed E-state index contributed by atoms with van der Waals surface area (Å²) >= 11 is 3.42. The zero-order chi connectivity index (χ0) is 13.3. The molecule has 0 spiro atoms. The molecule has 1 saturated heterocycles. The van der Waals surface area contributed by atoms with Gasteiger partial charge in [-0.15, -0.1) is 0 Å². The number of hydrogen-bond acceptors (Lipinski definition) is 3. The lowest BCUT2D eigenvalue weighted by Gasteiger charge is -2.17. The topological polar surface area (TPSA) is 46.6 Å². The van der Waals surface area contributed by atoms with Gasteiger partial charge in [0.15, 0.2) is 0 Å². The van der Waals surface area contributed by atoms with E-state index in [-0.39, 0.29) is 24.2 Å². The molecule has 1 aromatic rings. The molecular formula is C13H14BrNO3. The lowest BCUT2D eigenvalue weighted by molar-refractivity contribution is -0.145. The van der Waals surface area contributed by atoms with Crippen molar-refractivity contribution in [3.8, 4) is 0 Å². The van der Waals surface area contributed by atoms with Crippen LogP contribution in [0.4, 0.5) is 5.69 Å². The van der Waals surface area contributed by atoms with Crippen molar-refractivity contribution in [2.75, 3.05) is 18.6 Å². The van der Waals surface area contributed by atoms with Crippen molar-refractivity contribution in [3.05, 3.63) is 28.2 Å². The molecule has 1 aliphatic heterocycles. The second kappa shape index (κ2) is 5.10. The molecule has 1 fully saturated rings. The second-order valence-electron chi connectivity index (χ2n) is 4.36. The van der Waals surface area contributed by atoms with Crippen molar-refractivity contribution in [3.63, 3.8) is 0 Å². The van der Waals surface area contributed by atoms with E-state index < -0.39 is 0 Å². The fourth-order valence-corrected chi connectivity index (χ4v) is 2.33. The Morgan fingerprint density at radius 2 is 2.22 bits per heavy atom. The predicted molar refractivity (Wildman–Crippen MR) is 71.4 cm³/mol. The normalized spacial score (nSPS) is 19.2.